The minimum absolute atomic E-state index is 0.105. The van der Waals surface area contributed by atoms with Crippen LogP contribution in [0, 0.1) is 23.3 Å². The monoisotopic (exact) mass is 282 g/mol. The Morgan fingerprint density at radius 1 is 0.750 bits per heavy atom. The summed E-state index contributed by atoms with van der Waals surface area (Å²) in [4.78, 5) is 11.7. The summed E-state index contributed by atoms with van der Waals surface area (Å²) in [7, 11) is 0. The Labute approximate surface area is 112 Å². The van der Waals surface area contributed by atoms with Crippen molar-refractivity contribution in [1.29, 1.82) is 0 Å². The molecule has 0 heterocycles. The number of ketones is 1. The standard InChI is InChI=1S/C15H10F4O/c16-11-1-3-14(18)9(5-11)7-13(20)8-10-6-12(17)2-4-15(10)19/h1-6H,7-8H2. The Bertz CT molecular complexity index is 597. The van der Waals surface area contributed by atoms with Crippen LogP contribution in [0.3, 0.4) is 0 Å². The zero-order chi connectivity index (χ0) is 14.7. The van der Waals surface area contributed by atoms with Crippen LogP contribution >= 0.6 is 0 Å². The zero-order valence-corrected chi connectivity index (χ0v) is 10.3. The lowest BCUT2D eigenvalue weighted by atomic mass is 10.0. The fourth-order valence-corrected chi connectivity index (χ4v) is 1.84. The number of hydrogen-bond donors (Lipinski definition) is 0. The number of Topliss-reactive ketones (excluding diaryl/α,β-unsaturated/α-hetero) is 1. The highest BCUT2D eigenvalue weighted by Gasteiger charge is 2.13. The molecule has 0 bridgehead atoms. The second-order valence-electron chi connectivity index (χ2n) is 4.36. The van der Waals surface area contributed by atoms with Crippen LogP contribution in [-0.4, -0.2) is 5.78 Å². The molecule has 0 saturated carbocycles. The average Bonchev–Trinajstić information content (AvgIpc) is 2.38. The first kappa shape index (κ1) is 14.2. The van der Waals surface area contributed by atoms with Crippen LogP contribution < -0.4 is 0 Å². The van der Waals surface area contributed by atoms with Crippen LogP contribution in [0.4, 0.5) is 17.6 Å². The molecule has 0 unspecified atom stereocenters. The molecule has 0 amide bonds. The first-order valence-corrected chi connectivity index (χ1v) is 5.85. The van der Waals surface area contributed by atoms with E-state index in [0.717, 1.165) is 36.4 Å². The lowest BCUT2D eigenvalue weighted by molar-refractivity contribution is -0.117. The van der Waals surface area contributed by atoms with E-state index in [0.29, 0.717) is 0 Å². The molecule has 1 nitrogen and oxygen atoms in total. The summed E-state index contributed by atoms with van der Waals surface area (Å²) in [5.74, 6) is -3.27. The van der Waals surface area contributed by atoms with Crippen molar-refractivity contribution in [3.05, 3.63) is 70.8 Å². The molecule has 0 spiro atoms. The third kappa shape index (κ3) is 3.44. The van der Waals surface area contributed by atoms with Gasteiger partial charge in [0.1, 0.15) is 29.1 Å². The fourth-order valence-electron chi connectivity index (χ4n) is 1.84. The molecule has 2 rings (SSSR count). The van der Waals surface area contributed by atoms with Crippen LogP contribution in [0.1, 0.15) is 11.1 Å². The lowest BCUT2D eigenvalue weighted by Gasteiger charge is -2.05. The molecular weight excluding hydrogens is 272 g/mol. The molecule has 0 aliphatic rings. The van der Waals surface area contributed by atoms with Gasteiger partial charge in [-0.1, -0.05) is 0 Å². The second-order valence-corrected chi connectivity index (χ2v) is 4.36. The normalized spacial score (nSPS) is 10.6. The van der Waals surface area contributed by atoms with Gasteiger partial charge in [-0.3, -0.25) is 4.79 Å². The maximum atomic E-state index is 13.4. The summed E-state index contributed by atoms with van der Waals surface area (Å²) in [5.41, 5.74) is -0.210. The van der Waals surface area contributed by atoms with Crippen LogP contribution in [0.15, 0.2) is 36.4 Å². The van der Waals surface area contributed by atoms with Gasteiger partial charge < -0.3 is 0 Å². The number of carbonyl (C=O) groups is 1. The quantitative estimate of drug-likeness (QED) is 0.783. The predicted octanol–water partition coefficient (Wildman–Crippen LogP) is 3.60. The summed E-state index contributed by atoms with van der Waals surface area (Å²) in [6.07, 6.45) is -0.751. The van der Waals surface area contributed by atoms with Crippen LogP contribution in [0.25, 0.3) is 0 Å². The molecule has 0 saturated heterocycles. The maximum absolute atomic E-state index is 13.4. The van der Waals surface area contributed by atoms with Crippen molar-refractivity contribution in [3.63, 3.8) is 0 Å². The van der Waals surface area contributed by atoms with Crippen molar-refractivity contribution < 1.29 is 22.4 Å². The Kier molecular flexibility index (Phi) is 4.17. The van der Waals surface area contributed by atoms with Gasteiger partial charge in [0.05, 0.1) is 0 Å². The van der Waals surface area contributed by atoms with E-state index in [2.05, 4.69) is 0 Å². The van der Waals surface area contributed by atoms with E-state index in [1.807, 2.05) is 0 Å². The second kappa shape index (κ2) is 5.86. The Morgan fingerprint density at radius 3 is 1.55 bits per heavy atom. The number of halogens is 4. The van der Waals surface area contributed by atoms with Gasteiger partial charge in [-0.25, -0.2) is 17.6 Å². The van der Waals surface area contributed by atoms with E-state index in [-0.39, 0.29) is 24.0 Å². The van der Waals surface area contributed by atoms with Gasteiger partial charge >= 0.3 is 0 Å². The van der Waals surface area contributed by atoms with Crippen molar-refractivity contribution in [3.8, 4) is 0 Å². The smallest absolute Gasteiger partial charge is 0.141 e. The summed E-state index contributed by atoms with van der Waals surface area (Å²) < 4.78 is 52.6. The highest BCUT2D eigenvalue weighted by atomic mass is 19.1. The van der Waals surface area contributed by atoms with Crippen molar-refractivity contribution in [2.75, 3.05) is 0 Å². The van der Waals surface area contributed by atoms with E-state index in [1.165, 1.54) is 0 Å². The minimum Gasteiger partial charge on any atom is -0.299 e. The number of rotatable bonds is 4. The third-order valence-electron chi connectivity index (χ3n) is 2.79. The van der Waals surface area contributed by atoms with Gasteiger partial charge in [-0.05, 0) is 47.5 Å². The van der Waals surface area contributed by atoms with Gasteiger partial charge in [-0.15, -0.1) is 0 Å². The molecule has 5 heteroatoms. The maximum Gasteiger partial charge on any atom is 0.141 e. The Balaban J connectivity index is 2.13. The summed E-state index contributed by atoms with van der Waals surface area (Å²) in [5, 5.41) is 0. The zero-order valence-electron chi connectivity index (χ0n) is 10.3. The summed E-state index contributed by atoms with van der Waals surface area (Å²) in [6.45, 7) is 0. The largest absolute Gasteiger partial charge is 0.299 e. The lowest BCUT2D eigenvalue weighted by Crippen LogP contribution is -2.09. The van der Waals surface area contributed by atoms with E-state index in [9.17, 15) is 22.4 Å². The molecule has 0 aliphatic heterocycles. The van der Waals surface area contributed by atoms with Crippen molar-refractivity contribution in [2.45, 2.75) is 12.8 Å². The van der Waals surface area contributed by atoms with Crippen LogP contribution in [0.5, 0.6) is 0 Å². The van der Waals surface area contributed by atoms with Crippen molar-refractivity contribution in [2.24, 2.45) is 0 Å². The molecule has 104 valence electrons. The van der Waals surface area contributed by atoms with Crippen molar-refractivity contribution >= 4 is 5.78 Å². The molecule has 2 aromatic carbocycles. The summed E-state index contributed by atoms with van der Waals surface area (Å²) >= 11 is 0. The van der Waals surface area contributed by atoms with Crippen LogP contribution in [-0.2, 0) is 17.6 Å². The predicted molar refractivity (Wildman–Crippen MR) is 65.1 cm³/mol. The molecule has 0 atom stereocenters. The van der Waals surface area contributed by atoms with Gasteiger partial charge in [0.15, 0.2) is 0 Å². The number of hydrogen-bond acceptors (Lipinski definition) is 1. The number of benzene rings is 2. The van der Waals surface area contributed by atoms with E-state index < -0.39 is 29.1 Å². The Hall–Kier alpha value is -2.17. The number of carbonyl (C=O) groups excluding carboxylic acids is 1. The molecular formula is C15H10F4O. The minimum atomic E-state index is -0.709. The van der Waals surface area contributed by atoms with E-state index in [1.54, 1.807) is 0 Å². The summed E-state index contributed by atoms with van der Waals surface area (Å²) in [6, 6.07) is 5.54. The van der Waals surface area contributed by atoms with Crippen molar-refractivity contribution in [1.82, 2.24) is 0 Å². The Morgan fingerprint density at radius 2 is 1.15 bits per heavy atom. The highest BCUT2D eigenvalue weighted by Crippen LogP contribution is 2.14. The molecule has 0 aliphatic carbocycles. The van der Waals surface area contributed by atoms with E-state index in [4.69, 9.17) is 0 Å². The van der Waals surface area contributed by atoms with E-state index >= 15 is 0 Å². The third-order valence-corrected chi connectivity index (χ3v) is 2.79. The van der Waals surface area contributed by atoms with Crippen LogP contribution in [0.2, 0.25) is 0 Å². The van der Waals surface area contributed by atoms with Gasteiger partial charge in [0, 0.05) is 12.8 Å². The SMILES string of the molecule is O=C(Cc1cc(F)ccc1F)Cc1cc(F)ccc1F. The fraction of sp³-hybridized carbons (Fsp3) is 0.133. The molecule has 2 aromatic rings. The first-order valence-electron chi connectivity index (χ1n) is 5.85. The van der Waals surface area contributed by atoms with Gasteiger partial charge in [0.2, 0.25) is 0 Å². The molecule has 0 aromatic heterocycles. The molecule has 0 N–H and O–H groups in total. The van der Waals surface area contributed by atoms with Gasteiger partial charge in [0.25, 0.3) is 0 Å². The highest BCUT2D eigenvalue weighted by molar-refractivity contribution is 5.83. The first-order chi connectivity index (χ1) is 9.45. The molecule has 0 radical (unpaired) electrons. The molecule has 20 heavy (non-hydrogen) atoms. The molecule has 0 fully saturated rings. The topological polar surface area (TPSA) is 17.1 Å². The van der Waals surface area contributed by atoms with Gasteiger partial charge in [-0.2, -0.15) is 0 Å². The average molecular weight is 282 g/mol.